The predicted molar refractivity (Wildman–Crippen MR) is 163 cm³/mol. The minimum atomic E-state index is -4.50. The van der Waals surface area contributed by atoms with Crippen LogP contribution in [0.4, 0.5) is 0 Å². The number of carbonyl (C=O) groups excluding carboxylic acids is 2. The van der Waals surface area contributed by atoms with Crippen molar-refractivity contribution >= 4 is 32.2 Å². The van der Waals surface area contributed by atoms with E-state index >= 15 is 0 Å². The molecule has 0 amide bonds. The van der Waals surface area contributed by atoms with Crippen LogP contribution in [0.1, 0.15) is 64.5 Å². The standard InChI is InChI=1S/C34H30O11S2/c35-33(23-15-22-16-7-1-5-11-20(16)26(23)21-12-6-2-8-17(21)22)44-29-28-27(32-31(43-28)30(29)45-47(32,40)41)34(36)42-24-13-14-25(46(37,38)39)19-10-4-3-9-18(19)24/h1-2,5-8,11-14,22-23,26-32H,3-4,9-10,15H2,(H,37,38,39). The number of esters is 2. The Morgan fingerprint density at radius 1 is 0.809 bits per heavy atom. The molecular weight excluding hydrogens is 648 g/mol. The maximum atomic E-state index is 14.0. The number of benzene rings is 3. The molecule has 11 nitrogen and oxygen atoms in total. The van der Waals surface area contributed by atoms with Crippen LogP contribution in [0.15, 0.2) is 65.6 Å². The molecule has 3 saturated heterocycles. The summed E-state index contributed by atoms with van der Waals surface area (Å²) in [5.41, 5.74) is 5.36. The van der Waals surface area contributed by atoms with Gasteiger partial charge in [0.1, 0.15) is 35.2 Å². The Hall–Kier alpha value is -3.62. The minimum absolute atomic E-state index is 0.00887. The van der Waals surface area contributed by atoms with Gasteiger partial charge in [-0.05, 0) is 77.6 Å². The van der Waals surface area contributed by atoms with E-state index in [2.05, 4.69) is 12.1 Å². The van der Waals surface area contributed by atoms with E-state index < -0.39 is 73.7 Å². The topological polar surface area (TPSA) is 160 Å². The SMILES string of the molecule is O=C(OC1C2OS(=O)(=O)C3C2OC1C3C(=O)Oc1ccc(S(=O)(=O)O)c2c1CCCC2)C1CC2c3ccccc3C1c1ccccc12. The molecule has 1 N–H and O–H groups in total. The summed E-state index contributed by atoms with van der Waals surface area (Å²) in [5.74, 6) is -3.41. The van der Waals surface area contributed by atoms with Crippen molar-refractivity contribution in [3.05, 3.63) is 94.0 Å². The molecule has 0 saturated carbocycles. The Balaban J connectivity index is 1.02. The number of hydrogen-bond acceptors (Lipinski definition) is 10. The first-order valence-corrected chi connectivity index (χ1v) is 18.7. The van der Waals surface area contributed by atoms with Gasteiger partial charge in [0.2, 0.25) is 0 Å². The number of hydrogen-bond donors (Lipinski definition) is 1. The van der Waals surface area contributed by atoms with Crippen molar-refractivity contribution in [1.29, 1.82) is 0 Å². The molecule has 0 aromatic heterocycles. The summed E-state index contributed by atoms with van der Waals surface area (Å²) in [5, 5.41) is -1.34. The second kappa shape index (κ2) is 10.2. The first-order valence-electron chi connectivity index (χ1n) is 15.8. The van der Waals surface area contributed by atoms with Gasteiger partial charge in [-0.3, -0.25) is 18.3 Å². The van der Waals surface area contributed by atoms with Crippen LogP contribution < -0.4 is 4.74 Å². The molecule has 7 aliphatic rings. The molecule has 3 aliphatic heterocycles. The van der Waals surface area contributed by atoms with Crippen molar-refractivity contribution in [3.63, 3.8) is 0 Å². The van der Waals surface area contributed by atoms with Crippen LogP contribution in [-0.4, -0.2) is 63.0 Å². The Morgan fingerprint density at radius 3 is 2.11 bits per heavy atom. The fraction of sp³-hybridized carbons (Fsp3) is 0.412. The van der Waals surface area contributed by atoms with E-state index in [0.29, 0.717) is 43.2 Å². The van der Waals surface area contributed by atoms with Crippen LogP contribution in [0.5, 0.6) is 5.75 Å². The van der Waals surface area contributed by atoms with Crippen molar-refractivity contribution in [2.75, 3.05) is 0 Å². The first kappa shape index (κ1) is 29.5. The molecule has 3 aromatic rings. The quantitative estimate of drug-likeness (QED) is 0.182. The largest absolute Gasteiger partial charge is 0.456 e. The molecule has 7 unspecified atom stereocenters. The summed E-state index contributed by atoms with van der Waals surface area (Å²) in [4.78, 5) is 27.6. The summed E-state index contributed by atoms with van der Waals surface area (Å²) in [6, 6.07) is 18.6. The first-order chi connectivity index (χ1) is 22.5. The zero-order valence-corrected chi connectivity index (χ0v) is 26.5. The fourth-order valence-corrected chi connectivity index (χ4v) is 11.7. The van der Waals surface area contributed by atoms with Crippen molar-refractivity contribution < 1.29 is 49.4 Å². The summed E-state index contributed by atoms with van der Waals surface area (Å²) in [6.45, 7) is 0. The van der Waals surface area contributed by atoms with Crippen molar-refractivity contribution in [1.82, 2.24) is 0 Å². The Labute approximate surface area is 271 Å². The molecular formula is C34H30O11S2. The molecule has 3 heterocycles. The van der Waals surface area contributed by atoms with Gasteiger partial charge in [0.15, 0.2) is 6.10 Å². The lowest BCUT2D eigenvalue weighted by molar-refractivity contribution is -0.165. The zero-order chi connectivity index (χ0) is 32.4. The molecule has 3 fully saturated rings. The highest BCUT2D eigenvalue weighted by Crippen LogP contribution is 2.57. The van der Waals surface area contributed by atoms with Crippen LogP contribution in [0.3, 0.4) is 0 Å². The molecule has 4 bridgehead atoms. The third-order valence-corrected chi connectivity index (χ3v) is 13.6. The van der Waals surface area contributed by atoms with Crippen LogP contribution in [-0.2, 0) is 56.3 Å². The highest BCUT2D eigenvalue weighted by Gasteiger charge is 2.74. The molecule has 4 aliphatic carbocycles. The summed E-state index contributed by atoms with van der Waals surface area (Å²) < 4.78 is 83.5. The number of fused-ring (bicyclic) bond motifs is 3. The lowest BCUT2D eigenvalue weighted by atomic mass is 9.59. The molecule has 0 radical (unpaired) electrons. The fourth-order valence-electron chi connectivity index (χ4n) is 9.13. The van der Waals surface area contributed by atoms with E-state index in [1.54, 1.807) is 0 Å². The third-order valence-electron chi connectivity index (χ3n) is 11.0. The van der Waals surface area contributed by atoms with Gasteiger partial charge in [-0.15, -0.1) is 0 Å². The van der Waals surface area contributed by atoms with Crippen LogP contribution >= 0.6 is 0 Å². The van der Waals surface area contributed by atoms with Crippen LogP contribution in [0.2, 0.25) is 0 Å². The van der Waals surface area contributed by atoms with Crippen molar-refractivity contribution in [2.45, 2.75) is 78.5 Å². The normalized spacial score (nSPS) is 33.5. The zero-order valence-electron chi connectivity index (χ0n) is 24.9. The maximum Gasteiger partial charge on any atom is 0.318 e. The van der Waals surface area contributed by atoms with E-state index in [4.69, 9.17) is 18.4 Å². The van der Waals surface area contributed by atoms with E-state index in [0.717, 1.165) is 11.1 Å². The van der Waals surface area contributed by atoms with Crippen LogP contribution in [0.25, 0.3) is 0 Å². The summed E-state index contributed by atoms with van der Waals surface area (Å²) in [6.07, 6.45) is -1.64. The van der Waals surface area contributed by atoms with Gasteiger partial charge < -0.3 is 14.2 Å². The van der Waals surface area contributed by atoms with Gasteiger partial charge in [-0.2, -0.15) is 16.8 Å². The Morgan fingerprint density at radius 2 is 1.45 bits per heavy atom. The van der Waals surface area contributed by atoms with E-state index in [1.165, 1.54) is 23.3 Å². The average Bonchev–Trinajstić information content (AvgIpc) is 3.67. The highest BCUT2D eigenvalue weighted by molar-refractivity contribution is 7.87. The van der Waals surface area contributed by atoms with Gasteiger partial charge >= 0.3 is 11.9 Å². The molecule has 244 valence electrons. The van der Waals surface area contributed by atoms with Crippen molar-refractivity contribution in [3.8, 4) is 5.75 Å². The molecule has 10 rings (SSSR count). The van der Waals surface area contributed by atoms with E-state index in [9.17, 15) is 31.0 Å². The Kier molecular flexibility index (Phi) is 6.40. The average molecular weight is 679 g/mol. The second-order valence-electron chi connectivity index (χ2n) is 13.3. The third kappa shape index (κ3) is 4.26. The van der Waals surface area contributed by atoms with Crippen LogP contribution in [0, 0.1) is 11.8 Å². The van der Waals surface area contributed by atoms with Gasteiger partial charge in [-0.25, -0.2) is 0 Å². The number of rotatable bonds is 5. The van der Waals surface area contributed by atoms with Gasteiger partial charge in [0.05, 0.1) is 10.8 Å². The molecule has 0 spiro atoms. The number of ether oxygens (including phenoxy) is 3. The second-order valence-corrected chi connectivity index (χ2v) is 16.4. The van der Waals surface area contributed by atoms with E-state index in [-0.39, 0.29) is 22.5 Å². The molecule has 3 aromatic carbocycles. The van der Waals surface area contributed by atoms with E-state index in [1.807, 2.05) is 36.4 Å². The predicted octanol–water partition coefficient (Wildman–Crippen LogP) is 3.42. The lowest BCUT2D eigenvalue weighted by Crippen LogP contribution is -2.51. The molecule has 47 heavy (non-hydrogen) atoms. The highest BCUT2D eigenvalue weighted by atomic mass is 32.2. The maximum absolute atomic E-state index is 14.0. The monoisotopic (exact) mass is 678 g/mol. The van der Waals surface area contributed by atoms with Crippen molar-refractivity contribution in [2.24, 2.45) is 11.8 Å². The Bertz CT molecular complexity index is 2040. The van der Waals surface area contributed by atoms with Gasteiger partial charge in [0.25, 0.3) is 20.2 Å². The number of carbonyl (C=O) groups is 2. The smallest absolute Gasteiger partial charge is 0.318 e. The van der Waals surface area contributed by atoms with Gasteiger partial charge in [0, 0.05) is 11.8 Å². The molecule has 7 atom stereocenters. The van der Waals surface area contributed by atoms with Gasteiger partial charge in [-0.1, -0.05) is 48.5 Å². The lowest BCUT2D eigenvalue weighted by Gasteiger charge is -2.44. The summed E-state index contributed by atoms with van der Waals surface area (Å²) in [7, 11) is -8.78. The minimum Gasteiger partial charge on any atom is -0.456 e. The molecule has 13 heteroatoms. The summed E-state index contributed by atoms with van der Waals surface area (Å²) >= 11 is 0.